The molecule has 0 aliphatic heterocycles. The molecule has 0 aliphatic rings. The van der Waals surface area contributed by atoms with Crippen LogP contribution in [0.25, 0.3) is 93.2 Å². The van der Waals surface area contributed by atoms with Gasteiger partial charge in [-0.25, -0.2) is 4.85 Å². The number of nitrogens with zero attached hydrogens (tertiary/aromatic N) is 8. The maximum absolute atomic E-state index is 10.8. The lowest BCUT2D eigenvalue weighted by molar-refractivity contribution is 1.13. The van der Waals surface area contributed by atoms with Crippen LogP contribution in [0.5, 0.6) is 0 Å². The van der Waals surface area contributed by atoms with Crippen molar-refractivity contribution in [3.8, 4) is 69.0 Å². The van der Waals surface area contributed by atoms with Crippen molar-refractivity contribution in [3.05, 3.63) is 192 Å². The molecule has 3 aromatic heterocycles. The van der Waals surface area contributed by atoms with Crippen molar-refractivity contribution in [2.75, 3.05) is 0 Å². The highest BCUT2D eigenvalue weighted by atomic mass is 15.0. The van der Waals surface area contributed by atoms with E-state index >= 15 is 0 Å². The SMILES string of the molecule is [C-]#[N+]c1ccc(-c2ccc3c4ccccc4n(-c4cc(C#N)cc(-n5c6ccccc6c6ccc(-c7ccc(C#N)cc7C#N)cc65)c4-c4ccncc4)c3c2)c(C#N)c1. The van der Waals surface area contributed by atoms with Crippen LogP contribution in [-0.2, 0) is 0 Å². The number of fused-ring (bicyclic) bond motifs is 6. The van der Waals surface area contributed by atoms with Gasteiger partial charge in [-0.1, -0.05) is 78.9 Å². The molecule has 8 nitrogen and oxygen atoms in total. The van der Waals surface area contributed by atoms with Crippen LogP contribution in [0, 0.1) is 51.9 Å². The van der Waals surface area contributed by atoms with Crippen LogP contribution in [0.3, 0.4) is 0 Å². The summed E-state index contributed by atoms with van der Waals surface area (Å²) < 4.78 is 4.39. The second-order valence-electron chi connectivity index (χ2n) is 14.3. The number of benzene rings is 7. The molecular formula is C52H26N8. The van der Waals surface area contributed by atoms with Gasteiger partial charge in [0, 0.05) is 45.1 Å². The van der Waals surface area contributed by atoms with Gasteiger partial charge in [-0.15, -0.1) is 0 Å². The average molecular weight is 763 g/mol. The molecule has 8 heteroatoms. The first-order valence-electron chi connectivity index (χ1n) is 19.0. The minimum Gasteiger partial charge on any atom is -0.308 e. The van der Waals surface area contributed by atoms with Gasteiger partial charge in [-0.3, -0.25) is 4.98 Å². The number of hydrogen-bond acceptors (Lipinski definition) is 5. The third-order valence-electron chi connectivity index (χ3n) is 11.2. The van der Waals surface area contributed by atoms with Crippen molar-refractivity contribution in [2.45, 2.75) is 0 Å². The zero-order valence-corrected chi connectivity index (χ0v) is 31.6. The third kappa shape index (κ3) is 5.45. The molecule has 60 heavy (non-hydrogen) atoms. The summed E-state index contributed by atoms with van der Waals surface area (Å²) in [4.78, 5) is 7.92. The van der Waals surface area contributed by atoms with Gasteiger partial charge in [0.25, 0.3) is 0 Å². The maximum Gasteiger partial charge on any atom is 0.188 e. The van der Waals surface area contributed by atoms with Gasteiger partial charge >= 0.3 is 0 Å². The Labute approximate surface area is 343 Å². The second-order valence-corrected chi connectivity index (χ2v) is 14.3. The molecular weight excluding hydrogens is 737 g/mol. The smallest absolute Gasteiger partial charge is 0.188 e. The molecule has 0 aliphatic carbocycles. The van der Waals surface area contributed by atoms with E-state index < -0.39 is 0 Å². The zero-order chi connectivity index (χ0) is 40.9. The first kappa shape index (κ1) is 35.2. The summed E-state index contributed by atoms with van der Waals surface area (Å²) in [5, 5.41) is 44.7. The van der Waals surface area contributed by atoms with Crippen molar-refractivity contribution in [1.29, 1.82) is 21.0 Å². The Morgan fingerprint density at radius 1 is 0.450 bits per heavy atom. The Morgan fingerprint density at radius 2 is 0.967 bits per heavy atom. The van der Waals surface area contributed by atoms with Crippen LogP contribution in [0.1, 0.15) is 22.3 Å². The summed E-state index contributed by atoms with van der Waals surface area (Å²) >= 11 is 0. The van der Waals surface area contributed by atoms with Crippen LogP contribution < -0.4 is 0 Å². The average Bonchev–Trinajstić information content (AvgIpc) is 3.82. The number of pyridine rings is 1. The van der Waals surface area contributed by atoms with Crippen molar-refractivity contribution in [2.24, 2.45) is 0 Å². The highest BCUT2D eigenvalue weighted by Crippen LogP contribution is 2.44. The van der Waals surface area contributed by atoms with E-state index in [0.717, 1.165) is 77.2 Å². The lowest BCUT2D eigenvalue weighted by Gasteiger charge is -2.21. The molecule has 0 saturated heterocycles. The van der Waals surface area contributed by atoms with E-state index in [4.69, 9.17) is 6.57 Å². The van der Waals surface area contributed by atoms with Gasteiger partial charge in [0.05, 0.1) is 81.0 Å². The molecule has 7 aromatic carbocycles. The lowest BCUT2D eigenvalue weighted by atomic mass is 9.97. The summed E-state index contributed by atoms with van der Waals surface area (Å²) in [6, 6.07) is 56.0. The Bertz CT molecular complexity index is 3450. The van der Waals surface area contributed by atoms with Crippen LogP contribution in [0.15, 0.2) is 158 Å². The number of hydrogen-bond donors (Lipinski definition) is 0. The molecule has 0 radical (unpaired) electrons. The molecule has 3 heterocycles. The fourth-order valence-electron chi connectivity index (χ4n) is 8.54. The molecule has 0 amide bonds. The van der Waals surface area contributed by atoms with E-state index in [1.54, 1.807) is 36.7 Å². The minimum atomic E-state index is 0.396. The molecule has 0 unspecified atom stereocenters. The first-order chi connectivity index (χ1) is 29.5. The van der Waals surface area contributed by atoms with Crippen molar-refractivity contribution in [3.63, 3.8) is 0 Å². The Morgan fingerprint density at radius 3 is 1.50 bits per heavy atom. The molecule has 0 atom stereocenters. The molecule has 10 rings (SSSR count). The first-order valence-corrected chi connectivity index (χ1v) is 19.0. The summed E-state index contributed by atoms with van der Waals surface area (Å²) in [5.74, 6) is 0. The van der Waals surface area contributed by atoms with Crippen LogP contribution in [-0.4, -0.2) is 14.1 Å². The topological polar surface area (TPSA) is 122 Å². The van der Waals surface area contributed by atoms with Crippen molar-refractivity contribution in [1.82, 2.24) is 14.1 Å². The minimum absolute atomic E-state index is 0.396. The highest BCUT2D eigenvalue weighted by molar-refractivity contribution is 6.13. The van der Waals surface area contributed by atoms with Crippen LogP contribution in [0.4, 0.5) is 5.69 Å². The Kier molecular flexibility index (Phi) is 8.23. The maximum atomic E-state index is 10.8. The van der Waals surface area contributed by atoms with Gasteiger partial charge in [0.1, 0.15) is 0 Å². The van der Waals surface area contributed by atoms with Crippen molar-refractivity contribution >= 4 is 49.3 Å². The van der Waals surface area contributed by atoms with Crippen LogP contribution in [0.2, 0.25) is 0 Å². The second kappa shape index (κ2) is 14.0. The van der Waals surface area contributed by atoms with Gasteiger partial charge in [-0.05, 0) is 94.5 Å². The number of aromatic nitrogens is 3. The summed E-state index contributed by atoms with van der Waals surface area (Å²) in [7, 11) is 0. The fourth-order valence-corrected chi connectivity index (χ4v) is 8.54. The molecule has 0 fully saturated rings. The third-order valence-corrected chi connectivity index (χ3v) is 11.2. The van der Waals surface area contributed by atoms with Crippen molar-refractivity contribution < 1.29 is 0 Å². The standard InChI is InChI=1S/C52H26N8/c1-57-39-13-17-41(38(25-39)31-56)36-12-16-45-43-7-3-5-9-47(43)60(49(45)27-36)51-24-33(29-54)23-50(52(51)34-18-20-58-21-19-34)59-46-8-4-2-6-42(46)44-15-11-35(26-48(44)59)40-14-10-32(28-53)22-37(40)30-55/h2-27H. The summed E-state index contributed by atoms with van der Waals surface area (Å²) in [6.45, 7) is 7.51. The Balaban J connectivity index is 1.33. The lowest BCUT2D eigenvalue weighted by Crippen LogP contribution is -2.05. The summed E-state index contributed by atoms with van der Waals surface area (Å²) in [6.07, 6.45) is 3.53. The number of nitriles is 4. The molecule has 0 spiro atoms. The van der Waals surface area contributed by atoms with E-state index in [-0.39, 0.29) is 0 Å². The van der Waals surface area contributed by atoms with E-state index in [1.807, 2.05) is 72.8 Å². The normalized spacial score (nSPS) is 10.9. The molecule has 10 aromatic rings. The molecule has 274 valence electrons. The number of rotatable bonds is 5. The molecule has 0 N–H and O–H groups in total. The van der Waals surface area contributed by atoms with E-state index in [0.29, 0.717) is 39.1 Å². The summed E-state index contributed by atoms with van der Waals surface area (Å²) in [5.41, 5.74) is 12.0. The van der Waals surface area contributed by atoms with Gasteiger partial charge in [0.2, 0.25) is 0 Å². The highest BCUT2D eigenvalue weighted by Gasteiger charge is 2.24. The van der Waals surface area contributed by atoms with E-state index in [2.05, 4.69) is 91.8 Å². The van der Waals surface area contributed by atoms with E-state index in [1.165, 1.54) is 0 Å². The Hall–Kier alpha value is -9.26. The zero-order valence-electron chi connectivity index (χ0n) is 31.6. The molecule has 0 saturated carbocycles. The molecule has 0 bridgehead atoms. The monoisotopic (exact) mass is 762 g/mol. The predicted molar refractivity (Wildman–Crippen MR) is 234 cm³/mol. The predicted octanol–water partition coefficient (Wildman–Crippen LogP) is 12.3. The van der Waals surface area contributed by atoms with Crippen LogP contribution >= 0.6 is 0 Å². The quantitative estimate of drug-likeness (QED) is 0.162. The van der Waals surface area contributed by atoms with Gasteiger partial charge in [0.15, 0.2) is 5.69 Å². The largest absolute Gasteiger partial charge is 0.308 e. The fraction of sp³-hybridized carbons (Fsp3) is 0. The van der Waals surface area contributed by atoms with Gasteiger partial charge in [-0.2, -0.15) is 21.0 Å². The number of para-hydroxylation sites is 2. The van der Waals surface area contributed by atoms with Gasteiger partial charge < -0.3 is 9.13 Å². The van der Waals surface area contributed by atoms with E-state index in [9.17, 15) is 21.0 Å².